The fourth-order valence-electron chi connectivity index (χ4n) is 3.46. The van der Waals surface area contributed by atoms with Crippen LogP contribution in [0.2, 0.25) is 0 Å². The minimum Gasteiger partial charge on any atom is -0.299 e. The van der Waals surface area contributed by atoms with E-state index in [9.17, 15) is 0 Å². The Morgan fingerprint density at radius 1 is 1.21 bits per heavy atom. The number of fused-ring (bicyclic) bond motifs is 1. The highest BCUT2D eigenvalue weighted by molar-refractivity contribution is 9.09. The van der Waals surface area contributed by atoms with Gasteiger partial charge in [0.15, 0.2) is 0 Å². The molecule has 0 N–H and O–H groups in total. The average molecular weight is 340 g/mol. The van der Waals surface area contributed by atoms with Gasteiger partial charge >= 0.3 is 0 Å². The maximum Gasteiger partial charge on any atom is 0.0159 e. The van der Waals surface area contributed by atoms with Gasteiger partial charge < -0.3 is 0 Å². The van der Waals surface area contributed by atoms with Crippen molar-refractivity contribution < 1.29 is 0 Å². The maximum atomic E-state index is 3.63. The van der Waals surface area contributed by atoms with Crippen LogP contribution in [0.25, 0.3) is 0 Å². The van der Waals surface area contributed by atoms with Crippen molar-refractivity contribution in [1.82, 2.24) is 4.90 Å². The summed E-state index contributed by atoms with van der Waals surface area (Å²) in [7, 11) is 0. The van der Waals surface area contributed by atoms with E-state index in [4.69, 9.17) is 0 Å². The van der Waals surface area contributed by atoms with Crippen molar-refractivity contribution in [2.24, 2.45) is 0 Å². The molecule has 1 saturated carbocycles. The minimum absolute atomic E-state index is 0.737. The molecule has 1 unspecified atom stereocenters. The van der Waals surface area contributed by atoms with E-state index in [1.165, 1.54) is 49.4 Å². The number of thioether (sulfide) groups is 1. The Bertz CT molecular complexity index is 417. The highest BCUT2D eigenvalue weighted by Crippen LogP contribution is 2.40. The van der Waals surface area contributed by atoms with Gasteiger partial charge in [0.05, 0.1) is 0 Å². The van der Waals surface area contributed by atoms with Crippen LogP contribution >= 0.6 is 27.7 Å². The van der Waals surface area contributed by atoms with Crippen molar-refractivity contribution in [3.8, 4) is 0 Å². The van der Waals surface area contributed by atoms with Gasteiger partial charge in [-0.05, 0) is 24.5 Å². The van der Waals surface area contributed by atoms with Crippen LogP contribution in [0.5, 0.6) is 0 Å². The molecule has 0 bridgehead atoms. The van der Waals surface area contributed by atoms with E-state index < -0.39 is 0 Å². The van der Waals surface area contributed by atoms with Gasteiger partial charge in [0.2, 0.25) is 0 Å². The van der Waals surface area contributed by atoms with Crippen molar-refractivity contribution in [1.29, 1.82) is 0 Å². The summed E-state index contributed by atoms with van der Waals surface area (Å²) in [4.78, 5) is 4.26. The fraction of sp³-hybridized carbons (Fsp3) is 0.625. The lowest BCUT2D eigenvalue weighted by molar-refractivity contribution is 0.202. The Morgan fingerprint density at radius 2 is 2.00 bits per heavy atom. The zero-order chi connectivity index (χ0) is 13.1. The summed E-state index contributed by atoms with van der Waals surface area (Å²) in [6.07, 6.45) is 5.68. The topological polar surface area (TPSA) is 3.24 Å². The lowest BCUT2D eigenvalue weighted by atomic mass is 10.00. The second-order valence-corrected chi connectivity index (χ2v) is 7.52. The third kappa shape index (κ3) is 3.20. The molecule has 3 heteroatoms. The first-order valence-electron chi connectivity index (χ1n) is 7.40. The van der Waals surface area contributed by atoms with Crippen LogP contribution in [0, 0.1) is 0 Å². The molecule has 1 nitrogen and oxygen atoms in total. The third-order valence-electron chi connectivity index (χ3n) is 4.47. The van der Waals surface area contributed by atoms with Crippen molar-refractivity contribution in [3.05, 3.63) is 29.8 Å². The Labute approximate surface area is 129 Å². The summed E-state index contributed by atoms with van der Waals surface area (Å²) in [5.74, 6) is 2.01. The summed E-state index contributed by atoms with van der Waals surface area (Å²) < 4.78 is 0. The molecule has 1 atom stereocenters. The van der Waals surface area contributed by atoms with Crippen LogP contribution in [-0.4, -0.2) is 35.1 Å². The van der Waals surface area contributed by atoms with E-state index in [0.717, 1.165) is 17.3 Å². The normalized spacial score (nSPS) is 23.2. The Hall–Kier alpha value is 0.0100. The zero-order valence-corrected chi connectivity index (χ0v) is 13.8. The highest BCUT2D eigenvalue weighted by atomic mass is 79.9. The monoisotopic (exact) mass is 339 g/mol. The minimum atomic E-state index is 0.737. The van der Waals surface area contributed by atoms with Crippen LogP contribution in [0.15, 0.2) is 29.2 Å². The smallest absolute Gasteiger partial charge is 0.0159 e. The summed E-state index contributed by atoms with van der Waals surface area (Å²) in [6, 6.07) is 9.82. The molecular formula is C16H22BrNS. The summed E-state index contributed by atoms with van der Waals surface area (Å²) >= 11 is 5.67. The summed E-state index contributed by atoms with van der Waals surface area (Å²) in [5, 5.41) is 1.10. The van der Waals surface area contributed by atoms with Crippen molar-refractivity contribution in [3.63, 3.8) is 0 Å². The molecule has 1 fully saturated rings. The van der Waals surface area contributed by atoms with Gasteiger partial charge in [-0.25, -0.2) is 0 Å². The van der Waals surface area contributed by atoms with Gasteiger partial charge in [-0.1, -0.05) is 47.0 Å². The van der Waals surface area contributed by atoms with E-state index in [1.54, 1.807) is 5.56 Å². The lowest BCUT2D eigenvalue weighted by Gasteiger charge is -2.30. The first-order chi connectivity index (χ1) is 9.38. The molecule has 1 aromatic rings. The number of hydrogen-bond acceptors (Lipinski definition) is 2. The standard InChI is InChI=1S/C16H22BrNS/c17-9-10-18(14-5-1-2-6-14)11-13-12-19-16-8-4-3-7-15(13)16/h3-4,7-8,13-14H,1-2,5-6,9-12H2. The molecule has 104 valence electrons. The lowest BCUT2D eigenvalue weighted by Crippen LogP contribution is -2.38. The van der Waals surface area contributed by atoms with Crippen LogP contribution < -0.4 is 0 Å². The summed E-state index contributed by atoms with van der Waals surface area (Å²) in [5.41, 5.74) is 1.59. The van der Waals surface area contributed by atoms with E-state index >= 15 is 0 Å². The van der Waals surface area contributed by atoms with Crippen LogP contribution in [0.3, 0.4) is 0 Å². The Morgan fingerprint density at radius 3 is 2.79 bits per heavy atom. The van der Waals surface area contributed by atoms with Gasteiger partial charge in [0.1, 0.15) is 0 Å². The van der Waals surface area contributed by atoms with Crippen molar-refractivity contribution >= 4 is 27.7 Å². The number of rotatable bonds is 5. The molecular weight excluding hydrogens is 318 g/mol. The van der Waals surface area contributed by atoms with E-state index in [1.807, 2.05) is 11.8 Å². The number of hydrogen-bond donors (Lipinski definition) is 0. The Kier molecular flexibility index (Phi) is 4.88. The number of alkyl halides is 1. The van der Waals surface area contributed by atoms with Crippen LogP contribution in [-0.2, 0) is 0 Å². The number of halogens is 1. The van der Waals surface area contributed by atoms with Crippen molar-refractivity contribution in [2.45, 2.75) is 42.5 Å². The largest absolute Gasteiger partial charge is 0.299 e. The number of benzene rings is 1. The van der Waals surface area contributed by atoms with E-state index in [0.29, 0.717) is 0 Å². The highest BCUT2D eigenvalue weighted by Gasteiger charge is 2.28. The quantitative estimate of drug-likeness (QED) is 0.725. The molecule has 19 heavy (non-hydrogen) atoms. The molecule has 3 rings (SSSR count). The second kappa shape index (κ2) is 6.64. The first kappa shape index (κ1) is 14.0. The van der Waals surface area contributed by atoms with Gasteiger partial charge in [0.25, 0.3) is 0 Å². The molecule has 2 aliphatic rings. The van der Waals surface area contributed by atoms with Gasteiger partial charge in [-0.2, -0.15) is 0 Å². The predicted octanol–water partition coefficient (Wildman–Crippen LogP) is 4.52. The fourth-order valence-corrected chi connectivity index (χ4v) is 5.16. The van der Waals surface area contributed by atoms with E-state index in [2.05, 4.69) is 45.1 Å². The first-order valence-corrected chi connectivity index (χ1v) is 9.51. The molecule has 1 aromatic carbocycles. The molecule has 0 aromatic heterocycles. The molecule has 1 heterocycles. The van der Waals surface area contributed by atoms with Gasteiger partial charge in [-0.3, -0.25) is 4.90 Å². The van der Waals surface area contributed by atoms with Crippen LogP contribution in [0.1, 0.15) is 37.2 Å². The zero-order valence-electron chi connectivity index (χ0n) is 11.4. The SMILES string of the molecule is BrCCN(CC1CSc2ccccc21)C1CCCC1. The van der Waals surface area contributed by atoms with Crippen LogP contribution in [0.4, 0.5) is 0 Å². The average Bonchev–Trinajstić information content (AvgIpc) is 3.08. The molecule has 0 radical (unpaired) electrons. The van der Waals surface area contributed by atoms with Crippen molar-refractivity contribution in [2.75, 3.05) is 24.2 Å². The third-order valence-corrected chi connectivity index (χ3v) is 6.07. The second-order valence-electron chi connectivity index (χ2n) is 5.67. The molecule has 0 saturated heterocycles. The molecule has 1 aliphatic carbocycles. The molecule has 1 aliphatic heterocycles. The number of nitrogens with zero attached hydrogens (tertiary/aromatic N) is 1. The van der Waals surface area contributed by atoms with E-state index in [-0.39, 0.29) is 0 Å². The van der Waals surface area contributed by atoms with Gasteiger partial charge in [0, 0.05) is 41.0 Å². The molecule has 0 spiro atoms. The summed E-state index contributed by atoms with van der Waals surface area (Å²) in [6.45, 7) is 2.45. The predicted molar refractivity (Wildman–Crippen MR) is 87.5 cm³/mol. The maximum absolute atomic E-state index is 3.63. The Balaban J connectivity index is 1.69. The van der Waals surface area contributed by atoms with Gasteiger partial charge in [-0.15, -0.1) is 11.8 Å². The molecule has 0 amide bonds.